The minimum absolute atomic E-state index is 0.0505. The molecule has 1 heterocycles. The molecular formula is C25H29N3O2S. The van der Waals surface area contributed by atoms with Gasteiger partial charge < -0.3 is 5.32 Å². The molecule has 2 aromatic carbocycles. The molecule has 0 aliphatic heterocycles. The van der Waals surface area contributed by atoms with Crippen molar-refractivity contribution < 1.29 is 9.59 Å². The number of hydrogen-bond donors (Lipinski definition) is 1. The van der Waals surface area contributed by atoms with Crippen LogP contribution in [0.25, 0.3) is 11.1 Å². The predicted molar refractivity (Wildman–Crippen MR) is 126 cm³/mol. The minimum atomic E-state index is -0.624. The fourth-order valence-corrected chi connectivity index (χ4v) is 4.21. The van der Waals surface area contributed by atoms with Crippen molar-refractivity contribution in [2.75, 3.05) is 5.32 Å². The van der Waals surface area contributed by atoms with Gasteiger partial charge in [0.05, 0.1) is 5.41 Å². The van der Waals surface area contributed by atoms with E-state index in [1.807, 2.05) is 38.1 Å². The highest BCUT2D eigenvalue weighted by Crippen LogP contribution is 2.41. The number of benzene rings is 2. The predicted octanol–water partition coefficient (Wildman–Crippen LogP) is 6.20. The molecule has 162 valence electrons. The van der Waals surface area contributed by atoms with Gasteiger partial charge in [-0.05, 0) is 41.9 Å². The summed E-state index contributed by atoms with van der Waals surface area (Å²) in [5, 5.41) is 11.2. The summed E-state index contributed by atoms with van der Waals surface area (Å²) in [5.41, 5.74) is 4.97. The van der Waals surface area contributed by atoms with Crippen LogP contribution in [-0.4, -0.2) is 21.9 Å². The zero-order chi connectivity index (χ0) is 22.6. The van der Waals surface area contributed by atoms with E-state index in [0.29, 0.717) is 16.6 Å². The zero-order valence-electron chi connectivity index (χ0n) is 18.7. The Morgan fingerprint density at radius 1 is 1.00 bits per heavy atom. The summed E-state index contributed by atoms with van der Waals surface area (Å²) in [6.07, 6.45) is 0.892. The second-order valence-electron chi connectivity index (χ2n) is 8.86. The Morgan fingerprint density at radius 2 is 1.58 bits per heavy atom. The molecule has 0 aliphatic rings. The number of anilines is 1. The number of rotatable bonds is 8. The number of ketones is 1. The van der Waals surface area contributed by atoms with Crippen LogP contribution in [0.15, 0.2) is 54.0 Å². The molecule has 0 saturated heterocycles. The SMILES string of the molecule is CC(=O)c1ccc(-c2ccc(C(CC(C)C)C(C)(C)C(=O)Nc3nncs3)cc2)cc1. The van der Waals surface area contributed by atoms with E-state index in [1.165, 1.54) is 11.3 Å². The number of nitrogens with one attached hydrogen (secondary N) is 1. The monoisotopic (exact) mass is 435 g/mol. The first-order valence-electron chi connectivity index (χ1n) is 10.5. The minimum Gasteiger partial charge on any atom is -0.300 e. The Labute approximate surface area is 187 Å². The van der Waals surface area contributed by atoms with Crippen LogP contribution in [0.5, 0.6) is 0 Å². The van der Waals surface area contributed by atoms with Gasteiger partial charge in [-0.1, -0.05) is 87.6 Å². The van der Waals surface area contributed by atoms with Crippen molar-refractivity contribution in [3.63, 3.8) is 0 Å². The molecule has 3 aromatic rings. The number of aromatic nitrogens is 2. The van der Waals surface area contributed by atoms with E-state index in [4.69, 9.17) is 0 Å². The molecule has 3 rings (SSSR count). The molecule has 1 atom stereocenters. The van der Waals surface area contributed by atoms with Gasteiger partial charge in [0.15, 0.2) is 5.78 Å². The molecule has 31 heavy (non-hydrogen) atoms. The Bertz CT molecular complexity index is 1020. The molecule has 0 radical (unpaired) electrons. The topological polar surface area (TPSA) is 72.0 Å². The normalized spacial score (nSPS) is 12.6. The quantitative estimate of drug-likeness (QED) is 0.427. The molecule has 0 fully saturated rings. The van der Waals surface area contributed by atoms with Crippen LogP contribution in [0.3, 0.4) is 0 Å². The van der Waals surface area contributed by atoms with Gasteiger partial charge in [-0.25, -0.2) is 0 Å². The van der Waals surface area contributed by atoms with Crippen LogP contribution in [0.2, 0.25) is 0 Å². The van der Waals surface area contributed by atoms with E-state index in [1.54, 1.807) is 12.4 Å². The number of carbonyl (C=O) groups is 2. The smallest absolute Gasteiger partial charge is 0.232 e. The van der Waals surface area contributed by atoms with E-state index < -0.39 is 5.41 Å². The fraction of sp³-hybridized carbons (Fsp3) is 0.360. The van der Waals surface area contributed by atoms with E-state index >= 15 is 0 Å². The lowest BCUT2D eigenvalue weighted by atomic mass is 9.70. The lowest BCUT2D eigenvalue weighted by Gasteiger charge is -2.34. The van der Waals surface area contributed by atoms with Crippen molar-refractivity contribution in [2.45, 2.75) is 47.0 Å². The van der Waals surface area contributed by atoms with Gasteiger partial charge in [0.25, 0.3) is 0 Å². The standard InChI is InChI=1S/C25H29N3O2S/c1-16(2)14-22(25(4,5)23(30)27-24-28-26-15-31-24)21-12-10-20(11-13-21)19-8-6-18(7-9-19)17(3)29/h6-13,15-16,22H,14H2,1-5H3,(H,27,28,30). The van der Waals surface area contributed by atoms with Gasteiger partial charge in [-0.15, -0.1) is 10.2 Å². The van der Waals surface area contributed by atoms with Crippen LogP contribution in [0.1, 0.15) is 62.9 Å². The highest BCUT2D eigenvalue weighted by molar-refractivity contribution is 7.13. The lowest BCUT2D eigenvalue weighted by Crippen LogP contribution is -2.37. The van der Waals surface area contributed by atoms with Crippen molar-refractivity contribution in [1.29, 1.82) is 0 Å². The maximum absolute atomic E-state index is 13.1. The van der Waals surface area contributed by atoms with E-state index in [2.05, 4.69) is 53.6 Å². The maximum Gasteiger partial charge on any atom is 0.232 e. The van der Waals surface area contributed by atoms with Crippen LogP contribution in [0.4, 0.5) is 5.13 Å². The average Bonchev–Trinajstić information content (AvgIpc) is 3.25. The van der Waals surface area contributed by atoms with Crippen molar-refractivity contribution in [1.82, 2.24) is 10.2 Å². The summed E-state index contributed by atoms with van der Waals surface area (Å²) in [5.74, 6) is 0.498. The molecule has 0 spiro atoms. The van der Waals surface area contributed by atoms with E-state index in [-0.39, 0.29) is 17.6 Å². The van der Waals surface area contributed by atoms with Crippen molar-refractivity contribution in [2.24, 2.45) is 11.3 Å². The number of carbonyl (C=O) groups excluding carboxylic acids is 2. The maximum atomic E-state index is 13.1. The first kappa shape index (κ1) is 22.8. The molecule has 1 aromatic heterocycles. The summed E-state index contributed by atoms with van der Waals surface area (Å²) in [6, 6.07) is 16.0. The van der Waals surface area contributed by atoms with Gasteiger partial charge in [0.1, 0.15) is 5.51 Å². The lowest BCUT2D eigenvalue weighted by molar-refractivity contribution is -0.125. The van der Waals surface area contributed by atoms with Crippen molar-refractivity contribution in [3.8, 4) is 11.1 Å². The Hall–Kier alpha value is -2.86. The van der Waals surface area contributed by atoms with Crippen LogP contribution in [-0.2, 0) is 4.79 Å². The first-order valence-corrected chi connectivity index (χ1v) is 11.4. The van der Waals surface area contributed by atoms with Gasteiger partial charge in [0, 0.05) is 5.56 Å². The fourth-order valence-electron chi connectivity index (χ4n) is 3.77. The molecule has 6 heteroatoms. The van der Waals surface area contributed by atoms with E-state index in [9.17, 15) is 9.59 Å². The highest BCUT2D eigenvalue weighted by atomic mass is 32.1. The summed E-state index contributed by atoms with van der Waals surface area (Å²) in [7, 11) is 0. The molecule has 5 nitrogen and oxygen atoms in total. The number of nitrogens with zero attached hydrogens (tertiary/aromatic N) is 2. The third kappa shape index (κ3) is 5.44. The van der Waals surface area contributed by atoms with Crippen LogP contribution in [0, 0.1) is 11.3 Å². The third-order valence-corrected chi connectivity index (χ3v) is 6.29. The van der Waals surface area contributed by atoms with Crippen LogP contribution < -0.4 is 5.32 Å². The summed E-state index contributed by atoms with van der Waals surface area (Å²) >= 11 is 1.32. The zero-order valence-corrected chi connectivity index (χ0v) is 19.5. The van der Waals surface area contributed by atoms with Gasteiger partial charge in [-0.3, -0.25) is 9.59 Å². The number of hydrogen-bond acceptors (Lipinski definition) is 5. The Balaban J connectivity index is 1.86. The molecule has 0 aliphatic carbocycles. The number of Topliss-reactive ketones (excluding diaryl/α,β-unsaturated/α-hetero) is 1. The van der Waals surface area contributed by atoms with Gasteiger partial charge in [-0.2, -0.15) is 0 Å². The second kappa shape index (κ2) is 9.52. The van der Waals surface area contributed by atoms with Crippen LogP contribution >= 0.6 is 11.3 Å². The average molecular weight is 436 g/mol. The van der Waals surface area contributed by atoms with Gasteiger partial charge in [0.2, 0.25) is 11.0 Å². The largest absolute Gasteiger partial charge is 0.300 e. The highest BCUT2D eigenvalue weighted by Gasteiger charge is 2.38. The number of amides is 1. The van der Waals surface area contributed by atoms with Crippen molar-refractivity contribution >= 4 is 28.2 Å². The van der Waals surface area contributed by atoms with Crippen molar-refractivity contribution in [3.05, 3.63) is 65.2 Å². The molecular weight excluding hydrogens is 406 g/mol. The Kier molecular flexibility index (Phi) is 7.01. The molecule has 1 N–H and O–H groups in total. The summed E-state index contributed by atoms with van der Waals surface area (Å²) in [6.45, 7) is 9.91. The third-order valence-electron chi connectivity index (χ3n) is 5.68. The van der Waals surface area contributed by atoms with E-state index in [0.717, 1.165) is 23.1 Å². The molecule has 0 saturated carbocycles. The first-order chi connectivity index (χ1) is 14.7. The molecule has 1 amide bonds. The Morgan fingerprint density at radius 3 is 2.06 bits per heavy atom. The summed E-state index contributed by atoms with van der Waals surface area (Å²) in [4.78, 5) is 24.6. The molecule has 0 bridgehead atoms. The summed E-state index contributed by atoms with van der Waals surface area (Å²) < 4.78 is 0. The van der Waals surface area contributed by atoms with Gasteiger partial charge >= 0.3 is 0 Å². The molecule has 1 unspecified atom stereocenters. The second-order valence-corrected chi connectivity index (χ2v) is 9.69.